The molecule has 0 aromatic carbocycles. The number of hydrogen-bond donors (Lipinski definition) is 1. The quantitative estimate of drug-likeness (QED) is 0.755. The van der Waals surface area contributed by atoms with Gasteiger partial charge in [0.2, 0.25) is 0 Å². The van der Waals surface area contributed by atoms with Crippen LogP contribution >= 0.6 is 0 Å². The van der Waals surface area contributed by atoms with Crippen LogP contribution in [0.3, 0.4) is 0 Å². The van der Waals surface area contributed by atoms with Gasteiger partial charge in [-0.2, -0.15) is 0 Å². The van der Waals surface area contributed by atoms with Crippen molar-refractivity contribution in [3.63, 3.8) is 0 Å². The Bertz CT molecular complexity index is 233. The van der Waals surface area contributed by atoms with Crippen molar-refractivity contribution in [3.05, 3.63) is 24.2 Å². The molecule has 2 atom stereocenters. The molecule has 1 rings (SSSR count). The molecule has 80 valence electrons. The molecule has 0 bridgehead atoms. The Labute approximate surface area is 85.4 Å². The Balaban J connectivity index is 2.25. The minimum Gasteiger partial charge on any atom is -0.469 e. The average molecular weight is 197 g/mol. The van der Waals surface area contributed by atoms with Gasteiger partial charge in [-0.1, -0.05) is 0 Å². The summed E-state index contributed by atoms with van der Waals surface area (Å²) in [4.78, 5) is 0. The Hall–Kier alpha value is -0.800. The number of methoxy groups -OCH3 is 1. The van der Waals surface area contributed by atoms with Crippen molar-refractivity contribution in [1.29, 1.82) is 0 Å². The van der Waals surface area contributed by atoms with E-state index in [2.05, 4.69) is 19.2 Å². The maximum Gasteiger partial charge on any atom is 0.105 e. The topological polar surface area (TPSA) is 34.4 Å². The summed E-state index contributed by atoms with van der Waals surface area (Å²) >= 11 is 0. The van der Waals surface area contributed by atoms with Gasteiger partial charge < -0.3 is 14.5 Å². The summed E-state index contributed by atoms with van der Waals surface area (Å²) in [6, 6.07) is 4.70. The van der Waals surface area contributed by atoms with Gasteiger partial charge in [-0.15, -0.1) is 0 Å². The van der Waals surface area contributed by atoms with Gasteiger partial charge in [0.15, 0.2) is 0 Å². The van der Waals surface area contributed by atoms with Crippen LogP contribution in [0.25, 0.3) is 0 Å². The van der Waals surface area contributed by atoms with E-state index in [1.54, 1.807) is 13.4 Å². The van der Waals surface area contributed by atoms with Crippen molar-refractivity contribution in [3.8, 4) is 0 Å². The van der Waals surface area contributed by atoms with Crippen molar-refractivity contribution in [1.82, 2.24) is 5.32 Å². The van der Waals surface area contributed by atoms with Crippen LogP contribution in [-0.2, 0) is 11.2 Å². The summed E-state index contributed by atoms with van der Waals surface area (Å²) in [6.07, 6.45) is 2.63. The maximum absolute atomic E-state index is 5.27. The third-order valence-corrected chi connectivity index (χ3v) is 2.07. The van der Waals surface area contributed by atoms with Gasteiger partial charge in [0, 0.05) is 25.6 Å². The molecule has 1 aromatic rings. The zero-order valence-electron chi connectivity index (χ0n) is 9.12. The summed E-state index contributed by atoms with van der Waals surface area (Å²) in [5.41, 5.74) is 0. The van der Waals surface area contributed by atoms with E-state index in [4.69, 9.17) is 9.15 Å². The molecule has 1 heterocycles. The van der Waals surface area contributed by atoms with Gasteiger partial charge in [0.25, 0.3) is 0 Å². The van der Waals surface area contributed by atoms with Crippen molar-refractivity contribution in [2.24, 2.45) is 0 Å². The zero-order chi connectivity index (χ0) is 10.4. The van der Waals surface area contributed by atoms with E-state index >= 15 is 0 Å². The van der Waals surface area contributed by atoms with Crippen LogP contribution in [0.1, 0.15) is 19.6 Å². The molecule has 0 aliphatic heterocycles. The third-order valence-electron chi connectivity index (χ3n) is 2.07. The maximum atomic E-state index is 5.27. The molecule has 0 saturated heterocycles. The predicted molar refractivity (Wildman–Crippen MR) is 56.3 cm³/mol. The summed E-state index contributed by atoms with van der Waals surface area (Å²) in [5, 5.41) is 3.43. The first-order chi connectivity index (χ1) is 6.72. The van der Waals surface area contributed by atoms with Crippen molar-refractivity contribution in [2.75, 3.05) is 13.7 Å². The smallest absolute Gasteiger partial charge is 0.105 e. The van der Waals surface area contributed by atoms with Crippen LogP contribution in [0.2, 0.25) is 0 Å². The van der Waals surface area contributed by atoms with E-state index in [9.17, 15) is 0 Å². The van der Waals surface area contributed by atoms with E-state index in [1.165, 1.54) is 0 Å². The fourth-order valence-corrected chi connectivity index (χ4v) is 1.57. The van der Waals surface area contributed by atoms with Crippen molar-refractivity contribution in [2.45, 2.75) is 32.4 Å². The van der Waals surface area contributed by atoms with Crippen LogP contribution in [0.4, 0.5) is 0 Å². The zero-order valence-corrected chi connectivity index (χ0v) is 9.12. The highest BCUT2D eigenvalue weighted by molar-refractivity contribution is 5.00. The molecule has 0 aliphatic carbocycles. The molecular weight excluding hydrogens is 178 g/mol. The lowest BCUT2D eigenvalue weighted by Crippen LogP contribution is -2.38. The third kappa shape index (κ3) is 3.94. The molecule has 0 saturated carbocycles. The van der Waals surface area contributed by atoms with Crippen LogP contribution in [0, 0.1) is 0 Å². The first-order valence-electron chi connectivity index (χ1n) is 4.99. The SMILES string of the molecule is COCC(C)NC(C)Cc1ccco1. The van der Waals surface area contributed by atoms with Crippen LogP contribution in [-0.4, -0.2) is 25.8 Å². The van der Waals surface area contributed by atoms with Crippen LogP contribution in [0.15, 0.2) is 22.8 Å². The lowest BCUT2D eigenvalue weighted by molar-refractivity contribution is 0.167. The second-order valence-corrected chi connectivity index (χ2v) is 3.71. The molecule has 0 spiro atoms. The van der Waals surface area contributed by atoms with Gasteiger partial charge in [-0.25, -0.2) is 0 Å². The van der Waals surface area contributed by atoms with E-state index in [0.29, 0.717) is 12.1 Å². The van der Waals surface area contributed by atoms with Gasteiger partial charge in [-0.05, 0) is 26.0 Å². The van der Waals surface area contributed by atoms with Gasteiger partial charge in [-0.3, -0.25) is 0 Å². The summed E-state index contributed by atoms with van der Waals surface area (Å²) in [6.45, 7) is 5.00. The molecule has 1 aromatic heterocycles. The largest absolute Gasteiger partial charge is 0.469 e. The normalized spacial score (nSPS) is 15.4. The minimum absolute atomic E-state index is 0.380. The summed E-state index contributed by atoms with van der Waals surface area (Å²) in [5.74, 6) is 1.02. The van der Waals surface area contributed by atoms with Gasteiger partial charge >= 0.3 is 0 Å². The van der Waals surface area contributed by atoms with Gasteiger partial charge in [0.1, 0.15) is 5.76 Å². The molecule has 3 nitrogen and oxygen atoms in total. The van der Waals surface area contributed by atoms with E-state index in [0.717, 1.165) is 18.8 Å². The predicted octanol–water partition coefficient (Wildman–Crippen LogP) is 1.84. The van der Waals surface area contributed by atoms with Crippen LogP contribution < -0.4 is 5.32 Å². The number of nitrogens with one attached hydrogen (secondary N) is 1. The molecule has 0 aliphatic rings. The first kappa shape index (κ1) is 11.3. The average Bonchev–Trinajstić information content (AvgIpc) is 2.56. The van der Waals surface area contributed by atoms with Crippen molar-refractivity contribution >= 4 is 0 Å². The van der Waals surface area contributed by atoms with Crippen LogP contribution in [0.5, 0.6) is 0 Å². The molecule has 1 N–H and O–H groups in total. The fraction of sp³-hybridized carbons (Fsp3) is 0.636. The number of rotatable bonds is 6. The lowest BCUT2D eigenvalue weighted by atomic mass is 10.2. The molecule has 0 radical (unpaired) electrons. The molecule has 14 heavy (non-hydrogen) atoms. The monoisotopic (exact) mass is 197 g/mol. The second-order valence-electron chi connectivity index (χ2n) is 3.71. The number of ether oxygens (including phenoxy) is 1. The highest BCUT2D eigenvalue weighted by Gasteiger charge is 2.08. The Morgan fingerprint density at radius 3 is 2.79 bits per heavy atom. The molecule has 0 fully saturated rings. The summed E-state index contributed by atoms with van der Waals surface area (Å²) in [7, 11) is 1.72. The second kappa shape index (κ2) is 5.83. The Kier molecular flexibility index (Phi) is 4.70. The standard InChI is InChI=1S/C11H19NO2/c1-9(12-10(2)8-13-3)7-11-5-4-6-14-11/h4-6,9-10,12H,7-8H2,1-3H3. The summed E-state index contributed by atoms with van der Waals surface area (Å²) < 4.78 is 10.3. The molecule has 3 heteroatoms. The minimum atomic E-state index is 0.380. The van der Waals surface area contributed by atoms with E-state index < -0.39 is 0 Å². The van der Waals surface area contributed by atoms with E-state index in [1.807, 2.05) is 12.1 Å². The highest BCUT2D eigenvalue weighted by Crippen LogP contribution is 2.04. The Morgan fingerprint density at radius 2 is 2.21 bits per heavy atom. The number of furan rings is 1. The van der Waals surface area contributed by atoms with Gasteiger partial charge in [0.05, 0.1) is 12.9 Å². The van der Waals surface area contributed by atoms with E-state index in [-0.39, 0.29) is 0 Å². The highest BCUT2D eigenvalue weighted by atomic mass is 16.5. The lowest BCUT2D eigenvalue weighted by Gasteiger charge is -2.18. The first-order valence-corrected chi connectivity index (χ1v) is 4.99. The molecule has 2 unspecified atom stereocenters. The van der Waals surface area contributed by atoms with Crippen molar-refractivity contribution < 1.29 is 9.15 Å². The number of hydrogen-bond acceptors (Lipinski definition) is 3. The Morgan fingerprint density at radius 1 is 1.43 bits per heavy atom. The fourth-order valence-electron chi connectivity index (χ4n) is 1.57. The molecule has 0 amide bonds. The molecular formula is C11H19NO2.